The Labute approximate surface area is 142 Å². The van der Waals surface area contributed by atoms with Gasteiger partial charge < -0.3 is 0 Å². The first-order chi connectivity index (χ1) is 11.1. The van der Waals surface area contributed by atoms with Crippen molar-refractivity contribution in [2.45, 2.75) is 18.0 Å². The van der Waals surface area contributed by atoms with Crippen molar-refractivity contribution in [3.05, 3.63) is 74.9 Å². The van der Waals surface area contributed by atoms with Gasteiger partial charge in [0.05, 0.1) is 4.90 Å². The van der Waals surface area contributed by atoms with Gasteiger partial charge in [0.15, 0.2) is 0 Å². The average Bonchev–Trinajstić information content (AvgIpc) is 3.20. The van der Waals surface area contributed by atoms with Crippen molar-refractivity contribution in [2.75, 3.05) is 0 Å². The second kappa shape index (κ2) is 6.92. The summed E-state index contributed by atoms with van der Waals surface area (Å²) in [4.78, 5) is 2.03. The lowest BCUT2D eigenvalue weighted by molar-refractivity contribution is 0.407. The second-order valence-electron chi connectivity index (χ2n) is 4.89. The van der Waals surface area contributed by atoms with E-state index in [2.05, 4.69) is 0 Å². The van der Waals surface area contributed by atoms with Crippen molar-refractivity contribution in [2.24, 2.45) is 0 Å². The molecule has 3 aromatic rings. The molecule has 0 aliphatic rings. The van der Waals surface area contributed by atoms with Gasteiger partial charge in [-0.05, 0) is 47.2 Å². The monoisotopic (exact) mass is 367 g/mol. The van der Waals surface area contributed by atoms with E-state index >= 15 is 0 Å². The highest BCUT2D eigenvalue weighted by Crippen LogP contribution is 2.24. The molecule has 3 nitrogen and oxygen atoms in total. The van der Waals surface area contributed by atoms with Crippen LogP contribution in [0, 0.1) is 5.82 Å². The van der Waals surface area contributed by atoms with Crippen LogP contribution in [0.2, 0.25) is 0 Å². The van der Waals surface area contributed by atoms with Crippen molar-refractivity contribution in [3.8, 4) is 0 Å². The van der Waals surface area contributed by atoms with Crippen molar-refractivity contribution >= 4 is 32.7 Å². The molecule has 0 aliphatic carbocycles. The molecule has 7 heteroatoms. The molecule has 2 aromatic heterocycles. The minimum atomic E-state index is -3.69. The van der Waals surface area contributed by atoms with Crippen LogP contribution in [0.15, 0.2) is 64.2 Å². The van der Waals surface area contributed by atoms with Crippen LogP contribution in [0.3, 0.4) is 0 Å². The predicted octanol–water partition coefficient (Wildman–Crippen LogP) is 4.34. The number of benzene rings is 1. The fourth-order valence-corrected chi connectivity index (χ4v) is 5.13. The highest BCUT2D eigenvalue weighted by atomic mass is 32.2. The zero-order chi connectivity index (χ0) is 16.3. The highest BCUT2D eigenvalue weighted by Gasteiger charge is 2.25. The summed E-state index contributed by atoms with van der Waals surface area (Å²) < 4.78 is 40.3. The minimum absolute atomic E-state index is 0.104. The molecule has 0 amide bonds. The summed E-state index contributed by atoms with van der Waals surface area (Å²) in [6.07, 6.45) is 0. The topological polar surface area (TPSA) is 37.4 Å². The Morgan fingerprint density at radius 2 is 1.39 bits per heavy atom. The normalized spacial score (nSPS) is 11.9. The second-order valence-corrected chi connectivity index (χ2v) is 8.89. The van der Waals surface area contributed by atoms with Crippen LogP contribution in [-0.2, 0) is 23.1 Å². The number of thiophene rings is 2. The maximum Gasteiger partial charge on any atom is 0.243 e. The lowest BCUT2D eigenvalue weighted by atomic mass is 10.4. The van der Waals surface area contributed by atoms with Crippen LogP contribution in [-0.4, -0.2) is 12.7 Å². The van der Waals surface area contributed by atoms with Gasteiger partial charge in [-0.15, -0.1) is 22.7 Å². The third-order valence-corrected chi connectivity index (χ3v) is 6.80. The standard InChI is InChI=1S/C16H14FNO2S3/c17-13-5-7-16(8-6-13)23(19,20)18(11-14-3-1-9-21-14)12-15-4-2-10-22-15/h1-10H,11-12H2. The largest absolute Gasteiger partial charge is 0.243 e. The molecule has 0 saturated carbocycles. The molecule has 120 valence electrons. The molecule has 0 spiro atoms. The Balaban J connectivity index is 1.93. The molecule has 23 heavy (non-hydrogen) atoms. The Morgan fingerprint density at radius 3 is 1.83 bits per heavy atom. The third-order valence-electron chi connectivity index (χ3n) is 3.28. The molecule has 0 radical (unpaired) electrons. The number of hydrogen-bond donors (Lipinski definition) is 0. The molecule has 0 fully saturated rings. The molecule has 1 aromatic carbocycles. The van der Waals surface area contributed by atoms with Gasteiger partial charge >= 0.3 is 0 Å². The summed E-state index contributed by atoms with van der Waals surface area (Å²) in [6.45, 7) is 0.602. The van der Waals surface area contributed by atoms with Crippen molar-refractivity contribution in [3.63, 3.8) is 0 Å². The summed E-state index contributed by atoms with van der Waals surface area (Å²) in [5.74, 6) is -0.452. The molecular weight excluding hydrogens is 353 g/mol. The molecule has 0 saturated heterocycles. The van der Waals surface area contributed by atoms with Gasteiger partial charge in [-0.1, -0.05) is 12.1 Å². The number of hydrogen-bond acceptors (Lipinski definition) is 4. The first kappa shape index (κ1) is 16.3. The molecule has 0 N–H and O–H groups in total. The maximum atomic E-state index is 13.1. The Hall–Kier alpha value is -1.54. The Morgan fingerprint density at radius 1 is 0.870 bits per heavy atom. The van der Waals surface area contributed by atoms with E-state index < -0.39 is 15.8 Å². The van der Waals surface area contributed by atoms with Gasteiger partial charge in [0.25, 0.3) is 0 Å². The van der Waals surface area contributed by atoms with Crippen LogP contribution in [0.1, 0.15) is 9.75 Å². The van der Waals surface area contributed by atoms with E-state index in [0.717, 1.165) is 9.75 Å². The molecule has 3 rings (SSSR count). The third kappa shape index (κ3) is 3.87. The summed E-state index contributed by atoms with van der Waals surface area (Å²) in [5.41, 5.74) is 0. The highest BCUT2D eigenvalue weighted by molar-refractivity contribution is 7.89. The SMILES string of the molecule is O=S(=O)(c1ccc(F)cc1)N(Cc1cccs1)Cc1cccs1. The van der Waals surface area contributed by atoms with Gasteiger partial charge in [-0.2, -0.15) is 4.31 Å². The van der Waals surface area contributed by atoms with E-state index in [1.807, 2.05) is 35.0 Å². The van der Waals surface area contributed by atoms with Crippen molar-refractivity contribution in [1.82, 2.24) is 4.31 Å². The van der Waals surface area contributed by atoms with Crippen LogP contribution in [0.5, 0.6) is 0 Å². The fraction of sp³-hybridized carbons (Fsp3) is 0.125. The van der Waals surface area contributed by atoms with Crippen molar-refractivity contribution < 1.29 is 12.8 Å². The smallest absolute Gasteiger partial charge is 0.207 e. The van der Waals surface area contributed by atoms with Gasteiger partial charge in [-0.3, -0.25) is 0 Å². The Kier molecular flexibility index (Phi) is 4.91. The minimum Gasteiger partial charge on any atom is -0.207 e. The van der Waals surface area contributed by atoms with E-state index in [1.165, 1.54) is 51.2 Å². The van der Waals surface area contributed by atoms with Gasteiger partial charge in [-0.25, -0.2) is 12.8 Å². The van der Waals surface area contributed by atoms with Gasteiger partial charge in [0, 0.05) is 22.8 Å². The summed E-state index contributed by atoms with van der Waals surface area (Å²) in [7, 11) is -3.69. The quantitative estimate of drug-likeness (QED) is 0.650. The van der Waals surface area contributed by atoms with Gasteiger partial charge in [0.1, 0.15) is 5.82 Å². The van der Waals surface area contributed by atoms with E-state index in [4.69, 9.17) is 0 Å². The van der Waals surface area contributed by atoms with Gasteiger partial charge in [0.2, 0.25) is 10.0 Å². The molecule has 0 aliphatic heterocycles. The maximum absolute atomic E-state index is 13.1. The summed E-state index contributed by atoms with van der Waals surface area (Å²) in [6, 6.07) is 12.6. The number of sulfonamides is 1. The van der Waals surface area contributed by atoms with Crippen molar-refractivity contribution in [1.29, 1.82) is 0 Å². The number of nitrogens with zero attached hydrogens (tertiary/aromatic N) is 1. The fourth-order valence-electron chi connectivity index (χ4n) is 2.13. The number of rotatable bonds is 6. The molecular formula is C16H14FNO2S3. The molecule has 0 bridgehead atoms. The predicted molar refractivity (Wildman–Crippen MR) is 91.5 cm³/mol. The van der Waals surface area contributed by atoms with E-state index in [0.29, 0.717) is 13.1 Å². The average molecular weight is 367 g/mol. The van der Waals surface area contributed by atoms with E-state index in [1.54, 1.807) is 0 Å². The van der Waals surface area contributed by atoms with Crippen LogP contribution in [0.4, 0.5) is 4.39 Å². The zero-order valence-corrected chi connectivity index (χ0v) is 14.5. The van der Waals surface area contributed by atoms with E-state index in [9.17, 15) is 12.8 Å². The van der Waals surface area contributed by atoms with E-state index in [-0.39, 0.29) is 4.90 Å². The first-order valence-corrected chi connectivity index (χ1v) is 10.1. The molecule has 0 atom stereocenters. The first-order valence-electron chi connectivity index (χ1n) is 6.86. The Bertz CT molecular complexity index is 805. The lowest BCUT2D eigenvalue weighted by Gasteiger charge is -2.21. The van der Waals surface area contributed by atoms with Crippen LogP contribution < -0.4 is 0 Å². The molecule has 2 heterocycles. The van der Waals surface area contributed by atoms with Crippen LogP contribution >= 0.6 is 22.7 Å². The summed E-state index contributed by atoms with van der Waals surface area (Å²) in [5, 5.41) is 3.84. The summed E-state index contributed by atoms with van der Waals surface area (Å²) >= 11 is 3.03. The number of halogens is 1. The van der Waals surface area contributed by atoms with Crippen LogP contribution in [0.25, 0.3) is 0 Å². The molecule has 0 unspecified atom stereocenters. The lowest BCUT2D eigenvalue weighted by Crippen LogP contribution is -2.29. The zero-order valence-electron chi connectivity index (χ0n) is 12.1.